The number of amides is 2. The Morgan fingerprint density at radius 1 is 1.18 bits per heavy atom. The Morgan fingerprint density at radius 3 is 2.64 bits per heavy atom. The van der Waals surface area contributed by atoms with Crippen LogP contribution in [0.25, 0.3) is 0 Å². The molecule has 1 aromatic carbocycles. The van der Waals surface area contributed by atoms with E-state index in [0.717, 1.165) is 12.8 Å². The van der Waals surface area contributed by atoms with E-state index >= 15 is 0 Å². The number of rotatable bonds is 6. The number of carbonyl (C=O) groups is 1. The van der Waals surface area contributed by atoms with Crippen LogP contribution in [0, 0.1) is 0 Å². The minimum atomic E-state index is -0.143. The minimum absolute atomic E-state index is 0.00253. The average molecular weight is 304 g/mol. The fourth-order valence-electron chi connectivity index (χ4n) is 3.04. The molecule has 122 valence electrons. The van der Waals surface area contributed by atoms with Crippen LogP contribution in [0.4, 0.5) is 4.79 Å². The van der Waals surface area contributed by atoms with Gasteiger partial charge < -0.3 is 15.7 Å². The van der Waals surface area contributed by atoms with Crippen molar-refractivity contribution in [1.82, 2.24) is 10.6 Å². The van der Waals surface area contributed by atoms with E-state index in [1.54, 1.807) is 0 Å². The zero-order valence-electron chi connectivity index (χ0n) is 13.7. The molecule has 2 atom stereocenters. The summed E-state index contributed by atoms with van der Waals surface area (Å²) in [5.74, 6) is 0. The Kier molecular flexibility index (Phi) is 6.25. The topological polar surface area (TPSA) is 61.4 Å². The first-order valence-corrected chi connectivity index (χ1v) is 8.39. The maximum atomic E-state index is 12.0. The summed E-state index contributed by atoms with van der Waals surface area (Å²) in [5, 5.41) is 14.7. The summed E-state index contributed by atoms with van der Waals surface area (Å²) in [7, 11) is 0. The maximum absolute atomic E-state index is 12.0. The van der Waals surface area contributed by atoms with Crippen molar-refractivity contribution in [3.63, 3.8) is 0 Å². The molecule has 3 N–H and O–H groups in total. The molecule has 2 amide bonds. The standard InChI is InChI=1S/C18H28N2O2/c1-13(6-5-11-21)19-18(22)20-14(2)16-10-9-15-7-3-4-8-17(15)12-16/h9-10,12-14,21H,3-8,11H2,1-2H3,(H2,19,20,22). The Labute approximate surface area is 133 Å². The van der Waals surface area contributed by atoms with Crippen LogP contribution in [0.5, 0.6) is 0 Å². The fraction of sp³-hybridized carbons (Fsp3) is 0.611. The van der Waals surface area contributed by atoms with Gasteiger partial charge in [0.25, 0.3) is 0 Å². The Hall–Kier alpha value is -1.55. The van der Waals surface area contributed by atoms with Crippen molar-refractivity contribution in [3.05, 3.63) is 34.9 Å². The third-order valence-electron chi connectivity index (χ3n) is 4.39. The molecule has 0 saturated carbocycles. The molecular weight excluding hydrogens is 276 g/mol. The van der Waals surface area contributed by atoms with E-state index in [1.807, 2.05) is 13.8 Å². The Bertz CT molecular complexity index is 502. The Balaban J connectivity index is 1.88. The van der Waals surface area contributed by atoms with E-state index in [9.17, 15) is 4.79 Å². The first-order chi connectivity index (χ1) is 10.6. The van der Waals surface area contributed by atoms with Crippen LogP contribution >= 0.6 is 0 Å². The largest absolute Gasteiger partial charge is 0.396 e. The van der Waals surface area contributed by atoms with Gasteiger partial charge in [-0.05, 0) is 69.1 Å². The molecule has 2 unspecified atom stereocenters. The van der Waals surface area contributed by atoms with E-state index in [1.165, 1.54) is 36.0 Å². The zero-order chi connectivity index (χ0) is 15.9. The van der Waals surface area contributed by atoms with Gasteiger partial charge in [0.15, 0.2) is 0 Å². The number of carbonyl (C=O) groups excluding carboxylic acids is 1. The smallest absolute Gasteiger partial charge is 0.315 e. The summed E-state index contributed by atoms with van der Waals surface area (Å²) >= 11 is 0. The van der Waals surface area contributed by atoms with Gasteiger partial charge in [-0.15, -0.1) is 0 Å². The highest BCUT2D eigenvalue weighted by Crippen LogP contribution is 2.24. The van der Waals surface area contributed by atoms with Crippen LogP contribution < -0.4 is 10.6 Å². The highest BCUT2D eigenvalue weighted by atomic mass is 16.3. The molecule has 0 radical (unpaired) electrons. The molecular formula is C18H28N2O2. The van der Waals surface area contributed by atoms with Crippen molar-refractivity contribution < 1.29 is 9.90 Å². The molecule has 0 aliphatic heterocycles. The van der Waals surface area contributed by atoms with Crippen molar-refractivity contribution in [2.45, 2.75) is 64.5 Å². The van der Waals surface area contributed by atoms with Gasteiger partial charge in [-0.1, -0.05) is 18.2 Å². The summed E-state index contributed by atoms with van der Waals surface area (Å²) in [6.07, 6.45) is 6.38. The van der Waals surface area contributed by atoms with Crippen molar-refractivity contribution in [3.8, 4) is 0 Å². The summed E-state index contributed by atoms with van der Waals surface area (Å²) in [4.78, 5) is 12.0. The van der Waals surface area contributed by atoms with E-state index in [0.29, 0.717) is 6.42 Å². The number of hydrogen-bond acceptors (Lipinski definition) is 2. The van der Waals surface area contributed by atoms with Crippen LogP contribution in [-0.4, -0.2) is 23.8 Å². The highest BCUT2D eigenvalue weighted by Gasteiger charge is 2.14. The third-order valence-corrected chi connectivity index (χ3v) is 4.39. The van der Waals surface area contributed by atoms with Crippen LogP contribution in [0.3, 0.4) is 0 Å². The number of hydrogen-bond donors (Lipinski definition) is 3. The van der Waals surface area contributed by atoms with E-state index in [2.05, 4.69) is 28.8 Å². The molecule has 2 rings (SSSR count). The first-order valence-electron chi connectivity index (χ1n) is 8.39. The number of benzene rings is 1. The van der Waals surface area contributed by atoms with Crippen LogP contribution in [0.15, 0.2) is 18.2 Å². The SMILES string of the molecule is CC(CCCO)NC(=O)NC(C)c1ccc2c(c1)CCCC2. The van der Waals surface area contributed by atoms with Gasteiger partial charge in [0, 0.05) is 12.6 Å². The van der Waals surface area contributed by atoms with Crippen LogP contribution in [0.2, 0.25) is 0 Å². The second kappa shape index (κ2) is 8.18. The summed E-state index contributed by atoms with van der Waals surface area (Å²) in [6, 6.07) is 6.51. The normalized spacial score (nSPS) is 16.5. The molecule has 1 aliphatic carbocycles. The third kappa shape index (κ3) is 4.73. The second-order valence-electron chi connectivity index (χ2n) is 6.34. The predicted molar refractivity (Wildman–Crippen MR) is 88.9 cm³/mol. The van der Waals surface area contributed by atoms with Gasteiger partial charge in [0.05, 0.1) is 6.04 Å². The molecule has 22 heavy (non-hydrogen) atoms. The average Bonchev–Trinajstić information content (AvgIpc) is 2.52. The van der Waals surface area contributed by atoms with Gasteiger partial charge in [0.2, 0.25) is 0 Å². The monoisotopic (exact) mass is 304 g/mol. The van der Waals surface area contributed by atoms with Crippen LogP contribution in [0.1, 0.15) is 62.3 Å². The summed E-state index contributed by atoms with van der Waals surface area (Å²) in [6.45, 7) is 4.14. The zero-order valence-corrected chi connectivity index (χ0v) is 13.7. The first kappa shape index (κ1) is 16.8. The molecule has 0 fully saturated rings. The number of aliphatic hydroxyl groups is 1. The van der Waals surface area contributed by atoms with Crippen molar-refractivity contribution in [1.29, 1.82) is 0 Å². The number of urea groups is 1. The fourth-order valence-corrected chi connectivity index (χ4v) is 3.04. The molecule has 0 bridgehead atoms. The summed E-state index contributed by atoms with van der Waals surface area (Å²) in [5.41, 5.74) is 4.07. The van der Waals surface area contributed by atoms with Gasteiger partial charge >= 0.3 is 6.03 Å². The number of aryl methyl sites for hydroxylation is 2. The quantitative estimate of drug-likeness (QED) is 0.756. The number of fused-ring (bicyclic) bond motifs is 1. The summed E-state index contributed by atoms with van der Waals surface area (Å²) < 4.78 is 0. The highest BCUT2D eigenvalue weighted by molar-refractivity contribution is 5.74. The van der Waals surface area contributed by atoms with E-state index in [4.69, 9.17) is 5.11 Å². The Morgan fingerprint density at radius 2 is 1.91 bits per heavy atom. The predicted octanol–water partition coefficient (Wildman–Crippen LogP) is 3.09. The lowest BCUT2D eigenvalue weighted by molar-refractivity contribution is 0.231. The van der Waals surface area contributed by atoms with Crippen molar-refractivity contribution in [2.75, 3.05) is 6.61 Å². The molecule has 0 aromatic heterocycles. The van der Waals surface area contributed by atoms with Gasteiger partial charge in [-0.2, -0.15) is 0 Å². The maximum Gasteiger partial charge on any atom is 0.315 e. The molecule has 0 spiro atoms. The van der Waals surface area contributed by atoms with Gasteiger partial charge in [-0.3, -0.25) is 0 Å². The molecule has 1 aromatic rings. The molecule has 1 aliphatic rings. The number of nitrogens with one attached hydrogen (secondary N) is 2. The second-order valence-corrected chi connectivity index (χ2v) is 6.34. The molecule has 0 heterocycles. The van der Waals surface area contributed by atoms with Gasteiger partial charge in [0.1, 0.15) is 0 Å². The molecule has 4 heteroatoms. The lowest BCUT2D eigenvalue weighted by Gasteiger charge is -2.21. The van der Waals surface area contributed by atoms with Crippen molar-refractivity contribution >= 4 is 6.03 Å². The number of aliphatic hydroxyl groups excluding tert-OH is 1. The van der Waals surface area contributed by atoms with Crippen molar-refractivity contribution in [2.24, 2.45) is 0 Å². The lowest BCUT2D eigenvalue weighted by atomic mass is 9.89. The molecule has 4 nitrogen and oxygen atoms in total. The van der Waals surface area contributed by atoms with Gasteiger partial charge in [-0.25, -0.2) is 4.79 Å². The lowest BCUT2D eigenvalue weighted by Crippen LogP contribution is -2.41. The van der Waals surface area contributed by atoms with E-state index in [-0.39, 0.29) is 24.7 Å². The van der Waals surface area contributed by atoms with E-state index < -0.39 is 0 Å². The van der Waals surface area contributed by atoms with Crippen LogP contribution in [-0.2, 0) is 12.8 Å². The molecule has 0 saturated heterocycles. The minimum Gasteiger partial charge on any atom is -0.396 e.